The van der Waals surface area contributed by atoms with Crippen LogP contribution in [0.4, 0.5) is 5.69 Å². The van der Waals surface area contributed by atoms with Gasteiger partial charge < -0.3 is 9.64 Å². The quantitative estimate of drug-likeness (QED) is 0.781. The third-order valence-electron chi connectivity index (χ3n) is 2.70. The number of morpholine rings is 1. The van der Waals surface area contributed by atoms with Crippen molar-refractivity contribution in [2.45, 2.75) is 13.0 Å². The number of carbonyl (C=O) groups excluding carboxylic acids is 1. The predicted molar refractivity (Wildman–Crippen MR) is 67.2 cm³/mol. The van der Waals surface area contributed by atoms with Crippen molar-refractivity contribution in [1.82, 2.24) is 0 Å². The van der Waals surface area contributed by atoms with Gasteiger partial charge in [0.15, 0.2) is 6.29 Å². The zero-order chi connectivity index (χ0) is 11.5. The van der Waals surface area contributed by atoms with E-state index in [9.17, 15) is 4.79 Å². The van der Waals surface area contributed by atoms with Crippen LogP contribution < -0.4 is 4.90 Å². The van der Waals surface area contributed by atoms with Crippen LogP contribution in [0.25, 0.3) is 0 Å². The molecule has 1 aromatic carbocycles. The minimum Gasteiger partial charge on any atom is -0.375 e. The molecule has 0 radical (unpaired) electrons. The molecule has 0 amide bonds. The first kappa shape index (κ1) is 11.6. The van der Waals surface area contributed by atoms with Crippen LogP contribution in [0, 0.1) is 0 Å². The molecule has 1 aromatic rings. The summed E-state index contributed by atoms with van der Waals surface area (Å²) in [4.78, 5) is 13.2. The Kier molecular flexibility index (Phi) is 3.61. The molecule has 1 aliphatic rings. The molecule has 0 spiro atoms. The highest BCUT2D eigenvalue weighted by Crippen LogP contribution is 2.24. The van der Waals surface area contributed by atoms with Gasteiger partial charge in [-0.3, -0.25) is 4.79 Å². The Bertz CT molecular complexity index is 395. The minimum absolute atomic E-state index is 0.219. The molecule has 1 heterocycles. The van der Waals surface area contributed by atoms with Crippen LogP contribution in [0.2, 0.25) is 0 Å². The van der Waals surface area contributed by atoms with Gasteiger partial charge in [-0.15, -0.1) is 0 Å². The maximum absolute atomic E-state index is 11.0. The molecule has 1 saturated heterocycles. The minimum atomic E-state index is 0.219. The third-order valence-corrected chi connectivity index (χ3v) is 3.19. The van der Waals surface area contributed by atoms with Gasteiger partial charge in [0.25, 0.3) is 0 Å². The van der Waals surface area contributed by atoms with Crippen LogP contribution in [0.5, 0.6) is 0 Å². The highest BCUT2D eigenvalue weighted by Gasteiger charge is 2.19. The summed E-state index contributed by atoms with van der Waals surface area (Å²) < 4.78 is 6.42. The fraction of sp³-hybridized carbons (Fsp3) is 0.417. The summed E-state index contributed by atoms with van der Waals surface area (Å²) in [5.41, 5.74) is 1.72. The molecule has 0 N–H and O–H groups in total. The maximum atomic E-state index is 11.0. The molecule has 16 heavy (non-hydrogen) atoms. The summed E-state index contributed by atoms with van der Waals surface area (Å²) in [6, 6.07) is 5.79. The lowest BCUT2D eigenvalue weighted by Crippen LogP contribution is -2.41. The van der Waals surface area contributed by atoms with E-state index < -0.39 is 0 Å². The normalized spacial score (nSPS) is 20.9. The Hall–Kier alpha value is -0.870. The molecule has 0 bridgehead atoms. The number of ether oxygens (including phenoxy) is 1. The van der Waals surface area contributed by atoms with E-state index in [1.807, 2.05) is 25.1 Å². The highest BCUT2D eigenvalue weighted by atomic mass is 79.9. The molecule has 4 heteroatoms. The van der Waals surface area contributed by atoms with Crippen molar-refractivity contribution in [1.29, 1.82) is 0 Å². The van der Waals surface area contributed by atoms with Gasteiger partial charge in [-0.25, -0.2) is 0 Å². The first-order chi connectivity index (χ1) is 7.70. The van der Waals surface area contributed by atoms with Gasteiger partial charge in [0.2, 0.25) is 0 Å². The number of halogens is 1. The van der Waals surface area contributed by atoms with Crippen LogP contribution in [0.1, 0.15) is 17.3 Å². The van der Waals surface area contributed by atoms with Crippen LogP contribution in [-0.2, 0) is 4.74 Å². The van der Waals surface area contributed by atoms with E-state index in [-0.39, 0.29) is 6.10 Å². The molecule has 0 unspecified atom stereocenters. The zero-order valence-electron chi connectivity index (χ0n) is 9.15. The fourth-order valence-electron chi connectivity index (χ4n) is 1.94. The molecule has 1 aliphatic heterocycles. The number of hydrogen-bond donors (Lipinski definition) is 0. The van der Waals surface area contributed by atoms with E-state index in [0.29, 0.717) is 0 Å². The van der Waals surface area contributed by atoms with Crippen molar-refractivity contribution in [2.75, 3.05) is 24.6 Å². The van der Waals surface area contributed by atoms with E-state index in [2.05, 4.69) is 20.8 Å². The highest BCUT2D eigenvalue weighted by molar-refractivity contribution is 9.10. The van der Waals surface area contributed by atoms with E-state index >= 15 is 0 Å². The van der Waals surface area contributed by atoms with Gasteiger partial charge in [0, 0.05) is 28.8 Å². The molecule has 1 fully saturated rings. The van der Waals surface area contributed by atoms with Crippen molar-refractivity contribution in [2.24, 2.45) is 0 Å². The van der Waals surface area contributed by atoms with Crippen LogP contribution in [0.15, 0.2) is 22.7 Å². The van der Waals surface area contributed by atoms with Crippen molar-refractivity contribution in [3.8, 4) is 0 Å². The van der Waals surface area contributed by atoms with Crippen molar-refractivity contribution in [3.63, 3.8) is 0 Å². The Balaban J connectivity index is 2.28. The lowest BCUT2D eigenvalue weighted by Gasteiger charge is -2.33. The molecular weight excluding hydrogens is 270 g/mol. The van der Waals surface area contributed by atoms with Crippen molar-refractivity contribution in [3.05, 3.63) is 28.2 Å². The van der Waals surface area contributed by atoms with E-state index in [1.54, 1.807) is 0 Å². The molecule has 0 aliphatic carbocycles. The third kappa shape index (κ3) is 2.44. The second kappa shape index (κ2) is 4.97. The van der Waals surface area contributed by atoms with Crippen LogP contribution in [-0.4, -0.2) is 32.1 Å². The Morgan fingerprint density at radius 2 is 2.38 bits per heavy atom. The van der Waals surface area contributed by atoms with Gasteiger partial charge in [0.05, 0.1) is 12.7 Å². The molecular formula is C12H14BrNO2. The summed E-state index contributed by atoms with van der Waals surface area (Å²) in [5.74, 6) is 0. The standard InChI is InChI=1S/C12H14BrNO2/c1-9-7-14(4-5-16-9)12-3-2-11(13)6-10(12)8-15/h2-3,6,8-9H,4-5,7H2,1H3/t9-/m0/s1. The first-order valence-corrected chi connectivity index (χ1v) is 6.11. The molecule has 86 valence electrons. The Labute approximate surface area is 104 Å². The molecule has 3 nitrogen and oxygen atoms in total. The number of aldehydes is 1. The zero-order valence-corrected chi connectivity index (χ0v) is 10.7. The largest absolute Gasteiger partial charge is 0.375 e. The summed E-state index contributed by atoms with van der Waals surface area (Å²) >= 11 is 3.37. The van der Waals surface area contributed by atoms with Crippen LogP contribution >= 0.6 is 15.9 Å². The van der Waals surface area contributed by atoms with Gasteiger partial charge in [-0.05, 0) is 25.1 Å². The van der Waals surface area contributed by atoms with Crippen molar-refractivity contribution >= 4 is 27.9 Å². The predicted octanol–water partition coefficient (Wildman–Crippen LogP) is 2.49. The summed E-state index contributed by atoms with van der Waals surface area (Å²) in [7, 11) is 0. The Morgan fingerprint density at radius 3 is 3.06 bits per heavy atom. The second-order valence-corrected chi connectivity index (χ2v) is 4.86. The van der Waals surface area contributed by atoms with Gasteiger partial charge in [0.1, 0.15) is 0 Å². The van der Waals surface area contributed by atoms with Gasteiger partial charge in [-0.2, -0.15) is 0 Å². The average molecular weight is 284 g/mol. The first-order valence-electron chi connectivity index (χ1n) is 5.32. The maximum Gasteiger partial charge on any atom is 0.152 e. The number of hydrogen-bond acceptors (Lipinski definition) is 3. The van der Waals surface area contributed by atoms with Crippen molar-refractivity contribution < 1.29 is 9.53 Å². The molecule has 0 aromatic heterocycles. The van der Waals surface area contributed by atoms with Crippen LogP contribution in [0.3, 0.4) is 0 Å². The Morgan fingerprint density at radius 1 is 1.56 bits per heavy atom. The molecule has 2 rings (SSSR count). The fourth-order valence-corrected chi connectivity index (χ4v) is 2.32. The monoisotopic (exact) mass is 283 g/mol. The number of nitrogens with zero attached hydrogens (tertiary/aromatic N) is 1. The van der Waals surface area contributed by atoms with Gasteiger partial charge in [-0.1, -0.05) is 15.9 Å². The average Bonchev–Trinajstić information content (AvgIpc) is 2.28. The van der Waals surface area contributed by atoms with Gasteiger partial charge >= 0.3 is 0 Å². The second-order valence-electron chi connectivity index (χ2n) is 3.95. The lowest BCUT2D eigenvalue weighted by molar-refractivity contribution is 0.0531. The number of rotatable bonds is 2. The molecule has 1 atom stereocenters. The topological polar surface area (TPSA) is 29.5 Å². The van der Waals surface area contributed by atoms with E-state index in [1.165, 1.54) is 0 Å². The van der Waals surface area contributed by atoms with E-state index in [0.717, 1.165) is 41.7 Å². The van der Waals surface area contributed by atoms with E-state index in [4.69, 9.17) is 4.74 Å². The lowest BCUT2D eigenvalue weighted by atomic mass is 10.1. The SMILES string of the molecule is C[C@H]1CN(c2ccc(Br)cc2C=O)CCO1. The summed E-state index contributed by atoms with van der Waals surface area (Å²) in [6.07, 6.45) is 1.12. The number of benzene rings is 1. The number of anilines is 1. The summed E-state index contributed by atoms with van der Waals surface area (Å²) in [5, 5.41) is 0. The smallest absolute Gasteiger partial charge is 0.152 e. The molecule has 0 saturated carbocycles. The number of carbonyl (C=O) groups is 1. The summed E-state index contributed by atoms with van der Waals surface area (Å²) in [6.45, 7) is 4.44.